The molecule has 0 saturated carbocycles. The van der Waals surface area contributed by atoms with Crippen LogP contribution in [0.3, 0.4) is 0 Å². The van der Waals surface area contributed by atoms with Gasteiger partial charge in [-0.05, 0) is 0 Å². The van der Waals surface area contributed by atoms with Gasteiger partial charge in [0, 0.05) is 0 Å². The molecule has 33 valence electrons. The summed E-state index contributed by atoms with van der Waals surface area (Å²) in [6.07, 6.45) is 0. The first kappa shape index (κ1) is 98.5. The molecule has 0 nitrogen and oxygen atoms in total. The van der Waals surface area contributed by atoms with Crippen molar-refractivity contribution >= 4 is 17.0 Å². The van der Waals surface area contributed by atoms with Crippen molar-refractivity contribution in [3.63, 3.8) is 0 Å². The van der Waals surface area contributed by atoms with Gasteiger partial charge in [-0.15, -0.1) is 17.0 Å². The second-order valence-electron chi connectivity index (χ2n) is 0. The SMILES string of the molecule is Br.[CH3-].[CH3-].[CH3-].[Zr+3]. The molecule has 0 aromatic heterocycles. The summed E-state index contributed by atoms with van der Waals surface area (Å²) in [4.78, 5) is 0. The summed E-state index contributed by atoms with van der Waals surface area (Å²) in [6.45, 7) is 0. The summed E-state index contributed by atoms with van der Waals surface area (Å²) in [5.41, 5.74) is 0. The molecule has 0 bridgehead atoms. The summed E-state index contributed by atoms with van der Waals surface area (Å²) in [7, 11) is 0. The van der Waals surface area contributed by atoms with Crippen LogP contribution in [0, 0.1) is 22.3 Å². The van der Waals surface area contributed by atoms with Gasteiger partial charge in [-0.3, -0.25) is 0 Å². The zero-order valence-corrected chi connectivity index (χ0v) is 8.08. The fourth-order valence-corrected chi connectivity index (χ4v) is 0. The summed E-state index contributed by atoms with van der Waals surface area (Å²) < 4.78 is 0. The number of hydrogen-bond acceptors (Lipinski definition) is 0. The Bertz CT molecular complexity index is 6.85. The van der Waals surface area contributed by atoms with Crippen LogP contribution in [0.25, 0.3) is 0 Å². The second kappa shape index (κ2) is 54.9. The van der Waals surface area contributed by atoms with E-state index < -0.39 is 0 Å². The topological polar surface area (TPSA) is 0 Å². The predicted octanol–water partition coefficient (Wildman–Crippen LogP) is 1.93. The molecule has 0 heterocycles. The molecule has 0 N–H and O–H groups in total. The van der Waals surface area contributed by atoms with E-state index in [0.717, 1.165) is 0 Å². The van der Waals surface area contributed by atoms with Crippen molar-refractivity contribution in [1.82, 2.24) is 0 Å². The molecule has 0 fully saturated rings. The minimum Gasteiger partial charge on any atom is -0.358 e. The van der Waals surface area contributed by atoms with E-state index in [0.29, 0.717) is 0 Å². The Balaban J connectivity index is 0. The van der Waals surface area contributed by atoms with Gasteiger partial charge < -0.3 is 22.3 Å². The molecule has 0 aliphatic heterocycles. The van der Waals surface area contributed by atoms with Crippen molar-refractivity contribution in [2.75, 3.05) is 0 Å². The van der Waals surface area contributed by atoms with Gasteiger partial charge in [0.05, 0.1) is 0 Å². The molecule has 0 unspecified atom stereocenters. The fraction of sp³-hybridized carbons (Fsp3) is 0. The summed E-state index contributed by atoms with van der Waals surface area (Å²) >= 11 is 0. The van der Waals surface area contributed by atoms with Gasteiger partial charge in [0.25, 0.3) is 0 Å². The smallest absolute Gasteiger partial charge is 0.358 e. The largest absolute Gasteiger partial charge is 3.00 e. The molecule has 0 aromatic carbocycles. The normalized spacial score (nSPS) is 0. The van der Waals surface area contributed by atoms with Crippen molar-refractivity contribution in [1.29, 1.82) is 0 Å². The van der Waals surface area contributed by atoms with Crippen LogP contribution in [0.15, 0.2) is 0 Å². The van der Waals surface area contributed by atoms with Crippen LogP contribution in [0.4, 0.5) is 0 Å². The Hall–Kier alpha value is 1.36. The second-order valence-corrected chi connectivity index (χ2v) is 0. The van der Waals surface area contributed by atoms with E-state index in [9.17, 15) is 0 Å². The maximum absolute atomic E-state index is 0. The Morgan fingerprint density at radius 1 is 0.600 bits per heavy atom. The van der Waals surface area contributed by atoms with E-state index in [1.807, 2.05) is 0 Å². The third kappa shape index (κ3) is 32.6. The van der Waals surface area contributed by atoms with Crippen LogP contribution in [0.1, 0.15) is 0 Å². The van der Waals surface area contributed by atoms with Crippen LogP contribution in [0.5, 0.6) is 0 Å². The molecule has 5 heavy (non-hydrogen) atoms. The monoisotopic (exact) mass is 215 g/mol. The molecular formula is C3H10BrZr. The molecule has 0 aromatic rings. The quantitative estimate of drug-likeness (QED) is 0.544. The van der Waals surface area contributed by atoms with Gasteiger partial charge in [0.15, 0.2) is 0 Å². The van der Waals surface area contributed by atoms with Crippen LogP contribution >= 0.6 is 17.0 Å². The van der Waals surface area contributed by atoms with E-state index in [4.69, 9.17) is 0 Å². The zero-order valence-electron chi connectivity index (χ0n) is 3.91. The van der Waals surface area contributed by atoms with Gasteiger partial charge in [0.1, 0.15) is 0 Å². The van der Waals surface area contributed by atoms with Crippen LogP contribution < -0.4 is 0 Å². The van der Waals surface area contributed by atoms with Crippen LogP contribution in [-0.4, -0.2) is 0 Å². The van der Waals surface area contributed by atoms with Gasteiger partial charge in [0.2, 0.25) is 0 Å². The predicted molar refractivity (Wildman–Crippen MR) is 29.6 cm³/mol. The van der Waals surface area contributed by atoms with E-state index in [2.05, 4.69) is 0 Å². The standard InChI is InChI=1S/3CH3.BrH.Zr/h3*1H3;1H;/q3*-1;;+3. The summed E-state index contributed by atoms with van der Waals surface area (Å²) in [5, 5.41) is 0. The zero-order chi connectivity index (χ0) is 0. The Kier molecular flexibility index (Phi) is 1080. The first-order valence-corrected chi connectivity index (χ1v) is 0. The van der Waals surface area contributed by atoms with Crippen molar-refractivity contribution in [2.24, 2.45) is 0 Å². The average Bonchev–Trinajstić information content (AvgIpc) is 0. The maximum atomic E-state index is 0. The third-order valence-electron chi connectivity index (χ3n) is 0. The minimum atomic E-state index is 0. The number of halogens is 1. The van der Waals surface area contributed by atoms with E-state index in [-0.39, 0.29) is 65.5 Å². The van der Waals surface area contributed by atoms with Gasteiger partial charge in [-0.2, -0.15) is 0 Å². The minimum absolute atomic E-state index is 0. The Labute approximate surface area is 65.2 Å². The maximum Gasteiger partial charge on any atom is 3.00 e. The molecule has 0 rings (SSSR count). The van der Waals surface area contributed by atoms with E-state index in [1.165, 1.54) is 0 Å². The van der Waals surface area contributed by atoms with Crippen molar-refractivity contribution < 1.29 is 26.2 Å². The molecule has 0 saturated heterocycles. The van der Waals surface area contributed by atoms with Crippen molar-refractivity contribution in [3.05, 3.63) is 22.3 Å². The first-order valence-electron chi connectivity index (χ1n) is 0. The van der Waals surface area contributed by atoms with E-state index >= 15 is 0 Å². The molecular weight excluding hydrogens is 207 g/mol. The van der Waals surface area contributed by atoms with Gasteiger partial charge >= 0.3 is 26.2 Å². The molecule has 0 amide bonds. The molecule has 0 atom stereocenters. The summed E-state index contributed by atoms with van der Waals surface area (Å²) in [6, 6.07) is 0. The molecule has 2 heteroatoms. The van der Waals surface area contributed by atoms with E-state index in [1.54, 1.807) is 0 Å². The third-order valence-corrected chi connectivity index (χ3v) is 0. The fourth-order valence-electron chi connectivity index (χ4n) is 0. The van der Waals surface area contributed by atoms with Crippen molar-refractivity contribution in [2.45, 2.75) is 0 Å². The molecule has 0 spiro atoms. The average molecular weight is 217 g/mol. The van der Waals surface area contributed by atoms with Gasteiger partial charge in [-0.25, -0.2) is 0 Å². The molecule has 0 aliphatic carbocycles. The van der Waals surface area contributed by atoms with Crippen molar-refractivity contribution in [3.8, 4) is 0 Å². The molecule has 1 radical (unpaired) electrons. The van der Waals surface area contributed by atoms with Crippen LogP contribution in [0.2, 0.25) is 0 Å². The Morgan fingerprint density at radius 3 is 0.600 bits per heavy atom. The van der Waals surface area contributed by atoms with Crippen LogP contribution in [-0.2, 0) is 26.2 Å². The Morgan fingerprint density at radius 2 is 0.600 bits per heavy atom. The summed E-state index contributed by atoms with van der Waals surface area (Å²) in [5.74, 6) is 0. The van der Waals surface area contributed by atoms with Gasteiger partial charge in [-0.1, -0.05) is 0 Å². The number of rotatable bonds is 0. The molecule has 0 aliphatic rings. The first-order chi connectivity index (χ1) is 0. The number of hydrogen-bond donors (Lipinski definition) is 0.